The maximum atomic E-state index is 11.9. The molecule has 0 aliphatic rings. The molecule has 1 amide bonds. The Bertz CT molecular complexity index is 833. The quantitative estimate of drug-likeness (QED) is 0.574. The molecule has 5 heteroatoms. The molecule has 0 unspecified atom stereocenters. The number of hydrogen-bond donors (Lipinski definition) is 1. The number of rotatable bonds is 4. The van der Waals surface area contributed by atoms with Gasteiger partial charge in [-0.25, -0.2) is 5.43 Å². The molecule has 1 N–H and O–H groups in total. The Hall–Kier alpha value is -2.66. The summed E-state index contributed by atoms with van der Waals surface area (Å²) in [7, 11) is 0. The molecule has 4 nitrogen and oxygen atoms in total. The summed E-state index contributed by atoms with van der Waals surface area (Å²) in [5.41, 5.74) is 6.87. The van der Waals surface area contributed by atoms with Crippen molar-refractivity contribution in [1.29, 1.82) is 0 Å². The molecule has 3 aromatic rings. The fourth-order valence-corrected chi connectivity index (χ4v) is 3.13. The number of nitrogens with zero attached hydrogens (tertiary/aromatic N) is 2. The number of hydrazone groups is 1. The van der Waals surface area contributed by atoms with Crippen LogP contribution in [0, 0.1) is 13.8 Å². The Kier molecular flexibility index (Phi) is 4.39. The first-order valence-electron chi connectivity index (χ1n) is 7.28. The van der Waals surface area contributed by atoms with E-state index in [4.69, 9.17) is 0 Å². The van der Waals surface area contributed by atoms with Crippen molar-refractivity contribution in [3.8, 4) is 5.69 Å². The lowest BCUT2D eigenvalue weighted by atomic mass is 10.2. The third-order valence-electron chi connectivity index (χ3n) is 3.60. The molecule has 0 fully saturated rings. The molecule has 23 heavy (non-hydrogen) atoms. The summed E-state index contributed by atoms with van der Waals surface area (Å²) in [6, 6.07) is 15.8. The average Bonchev–Trinajstić information content (AvgIpc) is 3.17. The summed E-state index contributed by atoms with van der Waals surface area (Å²) in [5.74, 6) is -0.187. The van der Waals surface area contributed by atoms with Gasteiger partial charge in [0.15, 0.2) is 0 Å². The van der Waals surface area contributed by atoms with E-state index in [-0.39, 0.29) is 5.91 Å². The smallest absolute Gasteiger partial charge is 0.281 e. The first kappa shape index (κ1) is 15.2. The Balaban J connectivity index is 1.79. The average molecular weight is 323 g/mol. The molecule has 0 spiro atoms. The Labute approximate surface area is 139 Å². The van der Waals surface area contributed by atoms with Crippen LogP contribution in [0.1, 0.15) is 26.6 Å². The Morgan fingerprint density at radius 1 is 1.17 bits per heavy atom. The van der Waals surface area contributed by atoms with Crippen molar-refractivity contribution in [2.75, 3.05) is 0 Å². The van der Waals surface area contributed by atoms with E-state index in [1.54, 1.807) is 12.3 Å². The second kappa shape index (κ2) is 6.62. The van der Waals surface area contributed by atoms with E-state index in [9.17, 15) is 4.79 Å². The van der Waals surface area contributed by atoms with E-state index < -0.39 is 0 Å². The van der Waals surface area contributed by atoms with Gasteiger partial charge in [-0.1, -0.05) is 24.3 Å². The van der Waals surface area contributed by atoms with E-state index in [2.05, 4.69) is 40.2 Å². The summed E-state index contributed by atoms with van der Waals surface area (Å²) >= 11 is 1.39. The van der Waals surface area contributed by atoms with Crippen LogP contribution < -0.4 is 5.43 Å². The lowest BCUT2D eigenvalue weighted by Crippen LogP contribution is -2.16. The number of carbonyl (C=O) groups excluding carboxylic acids is 1. The lowest BCUT2D eigenvalue weighted by molar-refractivity contribution is 0.0959. The highest BCUT2D eigenvalue weighted by Crippen LogP contribution is 2.19. The molecule has 2 heterocycles. The largest absolute Gasteiger partial charge is 0.318 e. The Morgan fingerprint density at radius 3 is 2.65 bits per heavy atom. The van der Waals surface area contributed by atoms with Crippen molar-refractivity contribution in [2.24, 2.45) is 5.10 Å². The number of carbonyl (C=O) groups is 1. The maximum Gasteiger partial charge on any atom is 0.281 e. The molecular formula is C18H17N3OS. The van der Waals surface area contributed by atoms with E-state index >= 15 is 0 Å². The number of aryl methyl sites for hydroxylation is 1. The molecule has 0 bridgehead atoms. The zero-order valence-corrected chi connectivity index (χ0v) is 13.8. The van der Waals surface area contributed by atoms with Gasteiger partial charge >= 0.3 is 0 Å². The van der Waals surface area contributed by atoms with Gasteiger partial charge in [-0.2, -0.15) is 5.10 Å². The zero-order chi connectivity index (χ0) is 16.2. The second-order valence-corrected chi connectivity index (χ2v) is 6.12. The predicted octanol–water partition coefficient (Wildman–Crippen LogP) is 3.92. The monoisotopic (exact) mass is 323 g/mol. The first-order valence-corrected chi connectivity index (χ1v) is 8.16. The van der Waals surface area contributed by atoms with E-state index in [0.717, 1.165) is 22.6 Å². The first-order chi connectivity index (χ1) is 11.2. The van der Waals surface area contributed by atoms with Crippen molar-refractivity contribution < 1.29 is 4.79 Å². The van der Waals surface area contributed by atoms with Crippen molar-refractivity contribution >= 4 is 23.5 Å². The molecule has 0 saturated heterocycles. The molecule has 0 aliphatic heterocycles. The third kappa shape index (κ3) is 3.24. The van der Waals surface area contributed by atoms with Gasteiger partial charge in [0.05, 0.1) is 11.1 Å². The lowest BCUT2D eigenvalue weighted by Gasteiger charge is -2.08. The summed E-state index contributed by atoms with van der Waals surface area (Å²) in [6.07, 6.45) is 1.69. The summed E-state index contributed by atoms with van der Waals surface area (Å²) in [4.78, 5) is 12.5. The minimum absolute atomic E-state index is 0.187. The standard InChI is InChI=1S/C18H17N3OS/c1-13-11-15(12-19-20-18(22)17-9-6-10-23-17)14(2)21(13)16-7-4-3-5-8-16/h3-12H,1-2H3,(H,20,22)/b19-12+. The number of para-hydroxylation sites is 1. The number of nitrogens with one attached hydrogen (secondary N) is 1. The molecule has 0 aliphatic carbocycles. The van der Waals surface area contributed by atoms with Crippen LogP contribution in [0.4, 0.5) is 0 Å². The van der Waals surface area contributed by atoms with Gasteiger partial charge < -0.3 is 4.57 Å². The van der Waals surface area contributed by atoms with Gasteiger partial charge in [0.2, 0.25) is 0 Å². The zero-order valence-electron chi connectivity index (χ0n) is 13.0. The fraction of sp³-hybridized carbons (Fsp3) is 0.111. The minimum Gasteiger partial charge on any atom is -0.318 e. The minimum atomic E-state index is -0.187. The highest BCUT2D eigenvalue weighted by Gasteiger charge is 2.09. The van der Waals surface area contributed by atoms with Crippen molar-refractivity contribution in [3.05, 3.63) is 75.7 Å². The van der Waals surface area contributed by atoms with Crippen LogP contribution in [0.3, 0.4) is 0 Å². The molecule has 0 atom stereocenters. The summed E-state index contributed by atoms with van der Waals surface area (Å²) in [6.45, 7) is 4.10. The number of amides is 1. The summed E-state index contributed by atoms with van der Waals surface area (Å²) < 4.78 is 2.17. The second-order valence-electron chi connectivity index (χ2n) is 5.17. The van der Waals surface area contributed by atoms with E-state index in [1.807, 2.05) is 36.6 Å². The summed E-state index contributed by atoms with van der Waals surface area (Å²) in [5, 5.41) is 5.94. The number of aromatic nitrogens is 1. The van der Waals surface area contributed by atoms with Crippen LogP contribution in [-0.2, 0) is 0 Å². The van der Waals surface area contributed by atoms with Gasteiger partial charge in [0.25, 0.3) is 5.91 Å². The molecule has 1 aromatic carbocycles. The van der Waals surface area contributed by atoms with Crippen LogP contribution in [0.5, 0.6) is 0 Å². The maximum absolute atomic E-state index is 11.9. The topological polar surface area (TPSA) is 46.4 Å². The van der Waals surface area contributed by atoms with Crippen LogP contribution >= 0.6 is 11.3 Å². The van der Waals surface area contributed by atoms with E-state index in [1.165, 1.54) is 11.3 Å². The van der Waals surface area contributed by atoms with Crippen LogP contribution in [0.15, 0.2) is 59.0 Å². The van der Waals surface area contributed by atoms with Gasteiger partial charge in [-0.3, -0.25) is 4.79 Å². The van der Waals surface area contributed by atoms with Crippen molar-refractivity contribution in [2.45, 2.75) is 13.8 Å². The number of benzene rings is 1. The third-order valence-corrected chi connectivity index (χ3v) is 4.47. The van der Waals surface area contributed by atoms with E-state index in [0.29, 0.717) is 4.88 Å². The van der Waals surface area contributed by atoms with Gasteiger partial charge in [-0.15, -0.1) is 11.3 Å². The van der Waals surface area contributed by atoms with Gasteiger partial charge in [0.1, 0.15) is 0 Å². The molecule has 0 radical (unpaired) electrons. The molecule has 116 valence electrons. The SMILES string of the molecule is Cc1cc(/C=N/NC(=O)c2cccs2)c(C)n1-c1ccccc1. The Morgan fingerprint density at radius 2 is 1.96 bits per heavy atom. The normalized spacial score (nSPS) is 11.0. The van der Waals surface area contributed by atoms with Gasteiger partial charge in [0, 0.05) is 22.6 Å². The molecule has 0 saturated carbocycles. The highest BCUT2D eigenvalue weighted by molar-refractivity contribution is 7.12. The predicted molar refractivity (Wildman–Crippen MR) is 94.6 cm³/mol. The van der Waals surface area contributed by atoms with Crippen LogP contribution in [-0.4, -0.2) is 16.7 Å². The molecular weight excluding hydrogens is 306 g/mol. The number of hydrogen-bond acceptors (Lipinski definition) is 3. The fourth-order valence-electron chi connectivity index (χ4n) is 2.52. The molecule has 2 aromatic heterocycles. The van der Waals surface area contributed by atoms with Gasteiger partial charge in [-0.05, 0) is 43.5 Å². The van der Waals surface area contributed by atoms with Crippen molar-refractivity contribution in [1.82, 2.24) is 9.99 Å². The van der Waals surface area contributed by atoms with Crippen LogP contribution in [0.25, 0.3) is 5.69 Å². The highest BCUT2D eigenvalue weighted by atomic mass is 32.1. The van der Waals surface area contributed by atoms with Crippen LogP contribution in [0.2, 0.25) is 0 Å². The number of thiophene rings is 1. The van der Waals surface area contributed by atoms with Crippen molar-refractivity contribution in [3.63, 3.8) is 0 Å². The molecule has 3 rings (SSSR count).